The lowest BCUT2D eigenvalue weighted by atomic mass is 10.0. The fourth-order valence-corrected chi connectivity index (χ4v) is 3.94. The Hall–Kier alpha value is -3.66. The van der Waals surface area contributed by atoms with Crippen LogP contribution in [-0.2, 0) is 16.0 Å². The maximum atomic E-state index is 13.5. The van der Waals surface area contributed by atoms with E-state index in [1.54, 1.807) is 0 Å². The molecule has 0 unspecified atom stereocenters. The molecule has 1 aliphatic rings. The maximum absolute atomic E-state index is 13.5. The molecule has 4 heteroatoms. The quantitative estimate of drug-likeness (QED) is 0.559. The van der Waals surface area contributed by atoms with Crippen LogP contribution in [0.5, 0.6) is 0 Å². The van der Waals surface area contributed by atoms with E-state index in [9.17, 15) is 9.59 Å². The third kappa shape index (κ3) is 4.02. The summed E-state index contributed by atoms with van der Waals surface area (Å²) in [6, 6.07) is 21.3. The van der Waals surface area contributed by atoms with E-state index in [1.165, 1.54) is 4.90 Å². The highest BCUT2D eigenvalue weighted by Gasteiger charge is 2.40. The summed E-state index contributed by atoms with van der Waals surface area (Å²) in [5, 5.41) is 3.26. The van der Waals surface area contributed by atoms with Crippen LogP contribution >= 0.6 is 0 Å². The number of rotatable bonds is 5. The Morgan fingerprint density at radius 3 is 1.94 bits per heavy atom. The smallest absolute Gasteiger partial charge is 0.282 e. The summed E-state index contributed by atoms with van der Waals surface area (Å²) < 4.78 is 0. The highest BCUT2D eigenvalue weighted by Crippen LogP contribution is 2.34. The minimum atomic E-state index is -0.344. The van der Waals surface area contributed by atoms with Crippen molar-refractivity contribution >= 4 is 28.8 Å². The van der Waals surface area contributed by atoms with Gasteiger partial charge in [-0.1, -0.05) is 55.0 Å². The van der Waals surface area contributed by atoms with Gasteiger partial charge in [0.25, 0.3) is 11.8 Å². The molecule has 1 heterocycles. The third-order valence-corrected chi connectivity index (χ3v) is 5.52. The van der Waals surface area contributed by atoms with Crippen LogP contribution in [0.1, 0.15) is 34.7 Å². The summed E-state index contributed by atoms with van der Waals surface area (Å²) in [6.45, 7) is 8.09. The van der Waals surface area contributed by atoms with Crippen LogP contribution < -0.4 is 10.2 Å². The zero-order chi connectivity index (χ0) is 22.1. The molecule has 3 aromatic rings. The molecule has 0 spiro atoms. The minimum absolute atomic E-state index is 0.304. The van der Waals surface area contributed by atoms with Gasteiger partial charge in [0.15, 0.2) is 0 Å². The number of amides is 2. The Balaban J connectivity index is 1.81. The Kier molecular flexibility index (Phi) is 5.47. The zero-order valence-electron chi connectivity index (χ0n) is 18.3. The first-order chi connectivity index (χ1) is 14.9. The molecule has 31 heavy (non-hydrogen) atoms. The number of benzene rings is 3. The number of carbonyl (C=O) groups excluding carboxylic acids is 2. The van der Waals surface area contributed by atoms with E-state index in [1.807, 2.05) is 81.4 Å². The molecule has 0 bridgehead atoms. The molecule has 2 amide bonds. The molecule has 4 rings (SSSR count). The van der Waals surface area contributed by atoms with E-state index in [4.69, 9.17) is 0 Å². The average molecular weight is 411 g/mol. The number of nitrogens with one attached hydrogen (secondary N) is 1. The average Bonchev–Trinajstić information content (AvgIpc) is 2.98. The van der Waals surface area contributed by atoms with Crippen LogP contribution in [0.2, 0.25) is 0 Å². The van der Waals surface area contributed by atoms with E-state index < -0.39 is 0 Å². The fourth-order valence-electron chi connectivity index (χ4n) is 3.94. The molecule has 0 atom stereocenters. The van der Waals surface area contributed by atoms with Crippen LogP contribution in [-0.4, -0.2) is 11.8 Å². The lowest BCUT2D eigenvalue weighted by Gasteiger charge is -2.16. The van der Waals surface area contributed by atoms with Crippen LogP contribution in [0.3, 0.4) is 0 Å². The van der Waals surface area contributed by atoms with E-state index >= 15 is 0 Å². The molecule has 1 N–H and O–H groups in total. The second-order valence-corrected chi connectivity index (χ2v) is 8.08. The van der Waals surface area contributed by atoms with Gasteiger partial charge in [0.2, 0.25) is 0 Å². The van der Waals surface area contributed by atoms with E-state index in [0.29, 0.717) is 17.0 Å². The SMILES string of the molecule is CCc1ccc(N2C(=O)C(Nc3cc(C)cc(C)c3)=C(c3ccc(C)cc3)C2=O)cc1. The molecule has 0 saturated heterocycles. The van der Waals surface area contributed by atoms with Crippen molar-refractivity contribution in [2.24, 2.45) is 0 Å². The van der Waals surface area contributed by atoms with Crippen molar-refractivity contribution in [2.45, 2.75) is 34.1 Å². The molecule has 0 radical (unpaired) electrons. The highest BCUT2D eigenvalue weighted by molar-refractivity contribution is 6.46. The van der Waals surface area contributed by atoms with Gasteiger partial charge < -0.3 is 5.32 Å². The fraction of sp³-hybridized carbons (Fsp3) is 0.185. The normalized spacial score (nSPS) is 13.9. The molecular weight excluding hydrogens is 384 g/mol. The molecule has 1 aliphatic heterocycles. The van der Waals surface area contributed by atoms with Crippen molar-refractivity contribution in [3.63, 3.8) is 0 Å². The van der Waals surface area contributed by atoms with Gasteiger partial charge in [-0.25, -0.2) is 4.90 Å². The topological polar surface area (TPSA) is 49.4 Å². The number of carbonyl (C=O) groups is 2. The summed E-state index contributed by atoms with van der Waals surface area (Å²) in [6.07, 6.45) is 0.897. The number of imide groups is 1. The Labute approximate surface area is 183 Å². The third-order valence-electron chi connectivity index (χ3n) is 5.52. The molecule has 0 saturated carbocycles. The van der Waals surface area contributed by atoms with Gasteiger partial charge in [-0.2, -0.15) is 0 Å². The predicted octanol–water partition coefficient (Wildman–Crippen LogP) is 5.57. The molecule has 0 aliphatic carbocycles. The second-order valence-electron chi connectivity index (χ2n) is 8.08. The highest BCUT2D eigenvalue weighted by atomic mass is 16.2. The van der Waals surface area contributed by atoms with Crippen LogP contribution in [0.4, 0.5) is 11.4 Å². The van der Waals surface area contributed by atoms with Gasteiger partial charge in [-0.05, 0) is 73.7 Å². The van der Waals surface area contributed by atoms with Crippen molar-refractivity contribution in [1.29, 1.82) is 0 Å². The predicted molar refractivity (Wildman–Crippen MR) is 126 cm³/mol. The second kappa shape index (κ2) is 8.23. The van der Waals surface area contributed by atoms with E-state index in [0.717, 1.165) is 39.9 Å². The summed E-state index contributed by atoms with van der Waals surface area (Å²) in [4.78, 5) is 28.2. The molecule has 0 fully saturated rings. The number of hydrogen-bond donors (Lipinski definition) is 1. The molecule has 3 aromatic carbocycles. The largest absolute Gasteiger partial charge is 0.350 e. The van der Waals surface area contributed by atoms with Gasteiger partial charge in [0.05, 0.1) is 11.3 Å². The van der Waals surface area contributed by atoms with Crippen LogP contribution in [0, 0.1) is 20.8 Å². The van der Waals surface area contributed by atoms with Gasteiger partial charge in [-0.15, -0.1) is 0 Å². The minimum Gasteiger partial charge on any atom is -0.350 e. The standard InChI is InChI=1S/C27H26N2O2/c1-5-20-8-12-23(13-9-20)29-26(30)24(21-10-6-17(2)7-11-21)25(27(29)31)28-22-15-18(3)14-19(4)16-22/h6-16,28H,5H2,1-4H3. The first kappa shape index (κ1) is 20.6. The summed E-state index contributed by atoms with van der Waals surface area (Å²) in [5.74, 6) is -0.658. The van der Waals surface area contributed by atoms with Crippen molar-refractivity contribution in [1.82, 2.24) is 0 Å². The molecular formula is C27H26N2O2. The maximum Gasteiger partial charge on any atom is 0.282 e. The summed E-state index contributed by atoms with van der Waals surface area (Å²) in [5.41, 5.74) is 7.22. The summed E-state index contributed by atoms with van der Waals surface area (Å²) >= 11 is 0. The molecule has 4 nitrogen and oxygen atoms in total. The van der Waals surface area contributed by atoms with Gasteiger partial charge in [-0.3, -0.25) is 9.59 Å². The van der Waals surface area contributed by atoms with E-state index in [2.05, 4.69) is 18.3 Å². The Morgan fingerprint density at radius 2 is 1.35 bits per heavy atom. The number of nitrogens with zero attached hydrogens (tertiary/aromatic N) is 1. The van der Waals surface area contributed by atoms with Gasteiger partial charge in [0, 0.05) is 5.69 Å². The first-order valence-corrected chi connectivity index (χ1v) is 10.5. The van der Waals surface area contributed by atoms with Crippen molar-refractivity contribution in [2.75, 3.05) is 10.2 Å². The van der Waals surface area contributed by atoms with Crippen molar-refractivity contribution in [3.8, 4) is 0 Å². The zero-order valence-corrected chi connectivity index (χ0v) is 18.3. The van der Waals surface area contributed by atoms with Crippen molar-refractivity contribution < 1.29 is 9.59 Å². The van der Waals surface area contributed by atoms with Gasteiger partial charge in [0.1, 0.15) is 5.70 Å². The monoisotopic (exact) mass is 410 g/mol. The lowest BCUT2D eigenvalue weighted by molar-refractivity contribution is -0.120. The van der Waals surface area contributed by atoms with Crippen molar-refractivity contribution in [3.05, 3.63) is 100 Å². The van der Waals surface area contributed by atoms with E-state index in [-0.39, 0.29) is 11.8 Å². The van der Waals surface area contributed by atoms with Crippen LogP contribution in [0.25, 0.3) is 5.57 Å². The molecule has 0 aromatic heterocycles. The van der Waals surface area contributed by atoms with Gasteiger partial charge >= 0.3 is 0 Å². The number of hydrogen-bond acceptors (Lipinski definition) is 3. The lowest BCUT2D eigenvalue weighted by Crippen LogP contribution is -2.32. The number of aryl methyl sites for hydroxylation is 4. The Morgan fingerprint density at radius 1 is 0.742 bits per heavy atom. The molecule has 156 valence electrons. The van der Waals surface area contributed by atoms with Crippen LogP contribution in [0.15, 0.2) is 72.4 Å². The number of anilines is 2. The summed E-state index contributed by atoms with van der Waals surface area (Å²) in [7, 11) is 0. The first-order valence-electron chi connectivity index (χ1n) is 10.5. The Bertz CT molecular complexity index is 1170.